The first-order valence-electron chi connectivity index (χ1n) is 7.10. The van der Waals surface area contributed by atoms with Crippen LogP contribution in [0.3, 0.4) is 0 Å². The van der Waals surface area contributed by atoms with Crippen LogP contribution in [0.4, 0.5) is 0 Å². The molecule has 0 aliphatic carbocycles. The Kier molecular flexibility index (Phi) is 7.10. The minimum absolute atomic E-state index is 0.411. The summed E-state index contributed by atoms with van der Waals surface area (Å²) in [4.78, 5) is 10.9. The Bertz CT molecular complexity index is 406. The summed E-state index contributed by atoms with van der Waals surface area (Å²) < 4.78 is -0.411. The van der Waals surface area contributed by atoms with E-state index in [0.717, 1.165) is 18.6 Å². The zero-order valence-electron chi connectivity index (χ0n) is 12.3. The van der Waals surface area contributed by atoms with Gasteiger partial charge in [-0.05, 0) is 44.4 Å². The molecule has 20 heavy (non-hydrogen) atoms. The fourth-order valence-electron chi connectivity index (χ4n) is 1.97. The van der Waals surface area contributed by atoms with E-state index in [4.69, 9.17) is 10.8 Å². The summed E-state index contributed by atoms with van der Waals surface area (Å²) >= 11 is 1.66. The normalized spacial score (nSPS) is 13.2. The molecule has 3 N–H and O–H groups in total. The number of carboxylic acids is 1. The molecule has 0 aliphatic heterocycles. The summed E-state index contributed by atoms with van der Waals surface area (Å²) in [6, 6.07) is 9.68. The molecule has 3 nitrogen and oxygen atoms in total. The van der Waals surface area contributed by atoms with E-state index in [0.29, 0.717) is 0 Å². The number of hydrogen-bond donors (Lipinski definition) is 2. The van der Waals surface area contributed by atoms with Crippen LogP contribution in [0.1, 0.15) is 38.7 Å². The van der Waals surface area contributed by atoms with E-state index in [-0.39, 0.29) is 0 Å². The molecule has 1 aromatic rings. The van der Waals surface area contributed by atoms with Crippen LogP contribution in [-0.2, 0) is 11.2 Å². The molecule has 0 saturated heterocycles. The lowest BCUT2D eigenvalue weighted by Gasteiger charge is -2.27. The van der Waals surface area contributed by atoms with Crippen LogP contribution in [0.5, 0.6) is 0 Å². The summed E-state index contributed by atoms with van der Waals surface area (Å²) in [7, 11) is 0. The molecule has 0 unspecified atom stereocenters. The van der Waals surface area contributed by atoms with E-state index in [1.807, 2.05) is 19.9 Å². The van der Waals surface area contributed by atoms with E-state index < -0.39 is 16.8 Å². The molecule has 0 spiro atoms. The van der Waals surface area contributed by atoms with Gasteiger partial charge in [-0.2, -0.15) is 11.8 Å². The fraction of sp³-hybridized carbons (Fsp3) is 0.562. The molecule has 0 fully saturated rings. The van der Waals surface area contributed by atoms with Crippen LogP contribution in [0.2, 0.25) is 0 Å². The van der Waals surface area contributed by atoms with Gasteiger partial charge in [0.25, 0.3) is 0 Å². The number of thioether (sulfide) groups is 1. The van der Waals surface area contributed by atoms with Crippen molar-refractivity contribution in [3.8, 4) is 0 Å². The van der Waals surface area contributed by atoms with Gasteiger partial charge in [-0.25, -0.2) is 0 Å². The number of hydrogen-bond acceptors (Lipinski definition) is 3. The summed E-state index contributed by atoms with van der Waals surface area (Å²) in [5.74, 6) is 0.0366. The van der Waals surface area contributed by atoms with Crippen molar-refractivity contribution in [1.29, 1.82) is 0 Å². The van der Waals surface area contributed by atoms with Crippen molar-refractivity contribution in [2.24, 2.45) is 5.73 Å². The van der Waals surface area contributed by atoms with E-state index in [1.54, 1.807) is 11.8 Å². The monoisotopic (exact) mass is 295 g/mol. The predicted octanol–water partition coefficient (Wildman–Crippen LogP) is 3.32. The molecule has 0 saturated carbocycles. The van der Waals surface area contributed by atoms with Gasteiger partial charge in [0.05, 0.1) is 0 Å². The van der Waals surface area contributed by atoms with Crippen LogP contribution >= 0.6 is 11.8 Å². The lowest BCUT2D eigenvalue weighted by atomic mass is 10.1. The highest BCUT2D eigenvalue weighted by Crippen LogP contribution is 2.28. The third-order valence-corrected chi connectivity index (χ3v) is 4.93. The van der Waals surface area contributed by atoms with Gasteiger partial charge in [-0.15, -0.1) is 0 Å². The molecule has 112 valence electrons. The Labute approximate surface area is 125 Å². The minimum Gasteiger partial charge on any atom is -0.480 e. The number of aryl methyl sites for hydroxylation is 1. The lowest BCUT2D eigenvalue weighted by Crippen LogP contribution is -2.46. The van der Waals surface area contributed by atoms with Crippen LogP contribution in [0.15, 0.2) is 30.3 Å². The Morgan fingerprint density at radius 1 is 1.25 bits per heavy atom. The second-order valence-electron chi connectivity index (χ2n) is 5.56. The molecule has 0 heterocycles. The molecule has 0 amide bonds. The van der Waals surface area contributed by atoms with Gasteiger partial charge < -0.3 is 10.8 Å². The van der Waals surface area contributed by atoms with Crippen LogP contribution in [-0.4, -0.2) is 27.6 Å². The van der Waals surface area contributed by atoms with Gasteiger partial charge >= 0.3 is 5.97 Å². The third kappa shape index (κ3) is 5.97. The number of nitrogens with two attached hydrogens (primary N) is 1. The number of benzene rings is 1. The molecular formula is C16H25NO2S. The molecule has 0 aliphatic rings. The van der Waals surface area contributed by atoms with Crippen LogP contribution < -0.4 is 5.73 Å². The molecular weight excluding hydrogens is 270 g/mol. The minimum atomic E-state index is -0.924. The topological polar surface area (TPSA) is 63.3 Å². The van der Waals surface area contributed by atoms with Crippen molar-refractivity contribution >= 4 is 17.7 Å². The number of unbranched alkanes of at least 4 members (excludes halogenated alkanes) is 2. The van der Waals surface area contributed by atoms with Crippen molar-refractivity contribution in [1.82, 2.24) is 0 Å². The van der Waals surface area contributed by atoms with Crippen molar-refractivity contribution in [2.45, 2.75) is 50.3 Å². The maximum Gasteiger partial charge on any atom is 0.321 e. The van der Waals surface area contributed by atoms with Gasteiger partial charge in [0.1, 0.15) is 6.04 Å². The average Bonchev–Trinajstić information content (AvgIpc) is 2.42. The third-order valence-electron chi connectivity index (χ3n) is 3.44. The quantitative estimate of drug-likeness (QED) is 0.686. The van der Waals surface area contributed by atoms with Crippen molar-refractivity contribution < 1.29 is 9.90 Å². The summed E-state index contributed by atoms with van der Waals surface area (Å²) in [6.45, 7) is 3.81. The SMILES string of the molecule is CC(C)(SCCCCCc1ccccc1)[C@@H](N)C(=O)O. The second-order valence-corrected chi connectivity index (χ2v) is 7.31. The predicted molar refractivity (Wildman–Crippen MR) is 86.1 cm³/mol. The van der Waals surface area contributed by atoms with E-state index in [1.165, 1.54) is 18.4 Å². The number of carboxylic acid groups (broad SMARTS) is 1. The molecule has 1 rings (SSSR count). The first kappa shape index (κ1) is 17.1. The van der Waals surface area contributed by atoms with E-state index >= 15 is 0 Å². The number of rotatable bonds is 9. The smallest absolute Gasteiger partial charge is 0.321 e. The maximum atomic E-state index is 10.9. The number of aliphatic carboxylic acids is 1. The molecule has 1 aromatic carbocycles. The Morgan fingerprint density at radius 3 is 2.50 bits per heavy atom. The number of carbonyl (C=O) groups is 1. The fourth-order valence-corrected chi connectivity index (χ4v) is 3.13. The second kappa shape index (κ2) is 8.32. The van der Waals surface area contributed by atoms with Gasteiger partial charge in [-0.1, -0.05) is 36.8 Å². The standard InChI is InChI=1S/C16H25NO2S/c1-16(2,14(17)15(18)19)20-12-8-4-7-11-13-9-5-3-6-10-13/h3,5-6,9-10,14H,4,7-8,11-12,17H2,1-2H3,(H,18,19)/t14-/m0/s1. The summed E-state index contributed by atoms with van der Waals surface area (Å²) in [5, 5.41) is 8.95. The summed E-state index contributed by atoms with van der Waals surface area (Å²) in [5.41, 5.74) is 7.07. The molecule has 0 radical (unpaired) electrons. The van der Waals surface area contributed by atoms with E-state index in [2.05, 4.69) is 24.3 Å². The largest absolute Gasteiger partial charge is 0.480 e. The highest BCUT2D eigenvalue weighted by molar-refractivity contribution is 8.00. The Hall–Kier alpha value is -1.00. The summed E-state index contributed by atoms with van der Waals surface area (Å²) in [6.07, 6.45) is 4.56. The van der Waals surface area contributed by atoms with Gasteiger partial charge in [0.15, 0.2) is 0 Å². The van der Waals surface area contributed by atoms with Crippen molar-refractivity contribution in [3.63, 3.8) is 0 Å². The van der Waals surface area contributed by atoms with Crippen LogP contribution in [0.25, 0.3) is 0 Å². The Morgan fingerprint density at radius 2 is 1.90 bits per heavy atom. The molecule has 0 aromatic heterocycles. The van der Waals surface area contributed by atoms with Gasteiger partial charge in [0.2, 0.25) is 0 Å². The average molecular weight is 295 g/mol. The van der Waals surface area contributed by atoms with Gasteiger partial charge in [0, 0.05) is 4.75 Å². The van der Waals surface area contributed by atoms with E-state index in [9.17, 15) is 4.79 Å². The first-order valence-corrected chi connectivity index (χ1v) is 8.08. The van der Waals surface area contributed by atoms with Crippen LogP contribution in [0, 0.1) is 0 Å². The highest BCUT2D eigenvalue weighted by atomic mass is 32.2. The lowest BCUT2D eigenvalue weighted by molar-refractivity contribution is -0.139. The molecule has 1 atom stereocenters. The zero-order valence-corrected chi connectivity index (χ0v) is 13.2. The highest BCUT2D eigenvalue weighted by Gasteiger charge is 2.32. The Balaban J connectivity index is 2.14. The molecule has 4 heteroatoms. The zero-order chi connectivity index (χ0) is 15.0. The maximum absolute atomic E-state index is 10.9. The van der Waals surface area contributed by atoms with Crippen molar-refractivity contribution in [3.05, 3.63) is 35.9 Å². The van der Waals surface area contributed by atoms with Gasteiger partial charge in [-0.3, -0.25) is 4.79 Å². The first-order chi connectivity index (χ1) is 9.43. The van der Waals surface area contributed by atoms with Crippen molar-refractivity contribution in [2.75, 3.05) is 5.75 Å². The molecule has 0 bridgehead atoms.